The lowest BCUT2D eigenvalue weighted by atomic mass is 10.3. The van der Waals surface area contributed by atoms with Gasteiger partial charge in [-0.25, -0.2) is 8.42 Å². The molecule has 5 heteroatoms. The van der Waals surface area contributed by atoms with Crippen LogP contribution in [0.5, 0.6) is 0 Å². The molecule has 0 amide bonds. The van der Waals surface area contributed by atoms with Gasteiger partial charge in [0.25, 0.3) is 0 Å². The summed E-state index contributed by atoms with van der Waals surface area (Å²) in [4.78, 5) is 2.40. The summed E-state index contributed by atoms with van der Waals surface area (Å²) in [5, 5.41) is 0. The van der Waals surface area contributed by atoms with E-state index >= 15 is 0 Å². The lowest BCUT2D eigenvalue weighted by Crippen LogP contribution is -2.49. The topological polar surface area (TPSA) is 40.6 Å². The van der Waals surface area contributed by atoms with E-state index in [1.165, 1.54) is 19.4 Å². The van der Waals surface area contributed by atoms with Crippen molar-refractivity contribution < 1.29 is 8.42 Å². The molecule has 0 aromatic rings. The Hall–Kier alpha value is -0.130. The SMILES string of the molecule is CCS(=O)(=O)N1CCN(CC2CC2)CC1. The van der Waals surface area contributed by atoms with Crippen LogP contribution in [0.2, 0.25) is 0 Å². The fraction of sp³-hybridized carbons (Fsp3) is 1.00. The van der Waals surface area contributed by atoms with E-state index in [2.05, 4.69) is 4.90 Å². The molecule has 4 nitrogen and oxygen atoms in total. The lowest BCUT2D eigenvalue weighted by molar-refractivity contribution is 0.182. The van der Waals surface area contributed by atoms with Crippen molar-refractivity contribution >= 4 is 10.0 Å². The number of piperazine rings is 1. The number of sulfonamides is 1. The van der Waals surface area contributed by atoms with E-state index in [0.29, 0.717) is 13.1 Å². The second-order valence-corrected chi connectivity index (χ2v) is 6.80. The van der Waals surface area contributed by atoms with Gasteiger partial charge >= 0.3 is 0 Å². The second kappa shape index (κ2) is 4.39. The van der Waals surface area contributed by atoms with Crippen LogP contribution in [-0.2, 0) is 10.0 Å². The number of nitrogens with zero attached hydrogens (tertiary/aromatic N) is 2. The van der Waals surface area contributed by atoms with Crippen LogP contribution in [0.1, 0.15) is 19.8 Å². The Labute approximate surface area is 92.3 Å². The number of hydrogen-bond donors (Lipinski definition) is 0. The van der Waals surface area contributed by atoms with Crippen molar-refractivity contribution in [3.8, 4) is 0 Å². The minimum Gasteiger partial charge on any atom is -0.300 e. The molecule has 0 unspecified atom stereocenters. The van der Waals surface area contributed by atoms with Gasteiger partial charge < -0.3 is 4.90 Å². The highest BCUT2D eigenvalue weighted by Gasteiger charge is 2.29. The molecular weight excluding hydrogens is 212 g/mol. The zero-order valence-electron chi connectivity index (χ0n) is 9.35. The molecule has 0 spiro atoms. The van der Waals surface area contributed by atoms with Crippen LogP contribution in [-0.4, -0.2) is 56.1 Å². The third-order valence-corrected chi connectivity index (χ3v) is 5.18. The Balaban J connectivity index is 1.80. The van der Waals surface area contributed by atoms with Crippen LogP contribution in [0.15, 0.2) is 0 Å². The van der Waals surface area contributed by atoms with Gasteiger partial charge in [0.05, 0.1) is 5.75 Å². The molecule has 1 heterocycles. The molecule has 1 aliphatic heterocycles. The first-order valence-corrected chi connectivity index (χ1v) is 7.43. The van der Waals surface area contributed by atoms with Crippen molar-refractivity contribution in [2.75, 3.05) is 38.5 Å². The molecular formula is C10H20N2O2S. The first kappa shape index (κ1) is 11.4. The highest BCUT2D eigenvalue weighted by molar-refractivity contribution is 7.89. The van der Waals surface area contributed by atoms with Gasteiger partial charge in [-0.3, -0.25) is 0 Å². The van der Waals surface area contributed by atoms with Crippen LogP contribution >= 0.6 is 0 Å². The van der Waals surface area contributed by atoms with E-state index in [1.54, 1.807) is 11.2 Å². The molecule has 1 saturated carbocycles. The largest absolute Gasteiger partial charge is 0.300 e. The van der Waals surface area contributed by atoms with Gasteiger partial charge in [-0.2, -0.15) is 4.31 Å². The molecule has 88 valence electrons. The fourth-order valence-electron chi connectivity index (χ4n) is 2.04. The van der Waals surface area contributed by atoms with Crippen molar-refractivity contribution in [2.24, 2.45) is 5.92 Å². The zero-order chi connectivity index (χ0) is 10.9. The molecule has 1 saturated heterocycles. The summed E-state index contributed by atoms with van der Waals surface area (Å²) in [6, 6.07) is 0. The number of hydrogen-bond acceptors (Lipinski definition) is 3. The summed E-state index contributed by atoms with van der Waals surface area (Å²) in [6.07, 6.45) is 2.74. The summed E-state index contributed by atoms with van der Waals surface area (Å²) < 4.78 is 24.8. The molecule has 2 aliphatic rings. The summed E-state index contributed by atoms with van der Waals surface area (Å²) in [6.45, 7) is 6.09. The summed E-state index contributed by atoms with van der Waals surface area (Å²) in [5.74, 6) is 1.13. The van der Waals surface area contributed by atoms with Gasteiger partial charge in [-0.15, -0.1) is 0 Å². The predicted octanol–water partition coefficient (Wildman–Crippen LogP) is 0.364. The lowest BCUT2D eigenvalue weighted by Gasteiger charge is -2.33. The molecule has 15 heavy (non-hydrogen) atoms. The van der Waals surface area contributed by atoms with Crippen molar-refractivity contribution in [2.45, 2.75) is 19.8 Å². The molecule has 0 N–H and O–H groups in total. The third kappa shape index (κ3) is 2.92. The fourth-order valence-corrected chi connectivity index (χ4v) is 3.12. The Morgan fingerprint density at radius 1 is 1.13 bits per heavy atom. The van der Waals surface area contributed by atoms with Gasteiger partial charge in [-0.1, -0.05) is 0 Å². The van der Waals surface area contributed by atoms with E-state index in [4.69, 9.17) is 0 Å². The molecule has 0 atom stereocenters. The van der Waals surface area contributed by atoms with Gasteiger partial charge in [0, 0.05) is 32.7 Å². The van der Waals surface area contributed by atoms with Crippen molar-refractivity contribution in [1.82, 2.24) is 9.21 Å². The summed E-state index contributed by atoms with van der Waals surface area (Å²) in [7, 11) is -2.95. The van der Waals surface area contributed by atoms with Gasteiger partial charge in [-0.05, 0) is 25.7 Å². The number of rotatable bonds is 4. The average molecular weight is 232 g/mol. The van der Waals surface area contributed by atoms with Crippen LogP contribution in [0.3, 0.4) is 0 Å². The van der Waals surface area contributed by atoms with E-state index in [-0.39, 0.29) is 5.75 Å². The Morgan fingerprint density at radius 3 is 2.20 bits per heavy atom. The average Bonchev–Trinajstić information content (AvgIpc) is 3.03. The molecule has 2 rings (SSSR count). The highest BCUT2D eigenvalue weighted by atomic mass is 32.2. The Kier molecular flexibility index (Phi) is 3.33. The van der Waals surface area contributed by atoms with E-state index in [1.807, 2.05) is 0 Å². The normalized spacial score (nSPS) is 25.7. The first-order valence-electron chi connectivity index (χ1n) is 5.82. The summed E-state index contributed by atoms with van der Waals surface area (Å²) in [5.41, 5.74) is 0. The third-order valence-electron chi connectivity index (χ3n) is 3.30. The van der Waals surface area contributed by atoms with Crippen LogP contribution in [0, 0.1) is 5.92 Å². The monoisotopic (exact) mass is 232 g/mol. The zero-order valence-corrected chi connectivity index (χ0v) is 10.2. The van der Waals surface area contributed by atoms with Gasteiger partial charge in [0.2, 0.25) is 10.0 Å². The molecule has 2 fully saturated rings. The quantitative estimate of drug-likeness (QED) is 0.703. The maximum absolute atomic E-state index is 11.6. The van der Waals surface area contributed by atoms with E-state index < -0.39 is 10.0 Å². The van der Waals surface area contributed by atoms with Crippen molar-refractivity contribution in [3.63, 3.8) is 0 Å². The molecule has 0 bridgehead atoms. The molecule has 0 aromatic heterocycles. The molecule has 0 radical (unpaired) electrons. The van der Waals surface area contributed by atoms with Gasteiger partial charge in [0.15, 0.2) is 0 Å². The first-order chi connectivity index (χ1) is 7.12. The van der Waals surface area contributed by atoms with Crippen LogP contribution in [0.25, 0.3) is 0 Å². The molecule has 1 aliphatic carbocycles. The molecule has 0 aromatic carbocycles. The Bertz CT molecular complexity index is 303. The summed E-state index contributed by atoms with van der Waals surface area (Å²) >= 11 is 0. The smallest absolute Gasteiger partial charge is 0.213 e. The van der Waals surface area contributed by atoms with Gasteiger partial charge in [0.1, 0.15) is 0 Å². The Morgan fingerprint density at radius 2 is 1.73 bits per heavy atom. The second-order valence-electron chi connectivity index (χ2n) is 4.54. The minimum absolute atomic E-state index is 0.232. The van der Waals surface area contributed by atoms with E-state index in [0.717, 1.165) is 19.0 Å². The standard InChI is InChI=1S/C10H20N2O2S/c1-2-15(13,14)12-7-5-11(6-8-12)9-10-3-4-10/h10H,2-9H2,1H3. The van der Waals surface area contributed by atoms with Crippen molar-refractivity contribution in [1.29, 1.82) is 0 Å². The van der Waals surface area contributed by atoms with E-state index in [9.17, 15) is 8.42 Å². The van der Waals surface area contributed by atoms with Crippen LogP contribution in [0.4, 0.5) is 0 Å². The highest BCUT2D eigenvalue weighted by Crippen LogP contribution is 2.30. The minimum atomic E-state index is -2.95. The predicted molar refractivity (Wildman–Crippen MR) is 60.2 cm³/mol. The van der Waals surface area contributed by atoms with Crippen LogP contribution < -0.4 is 0 Å². The van der Waals surface area contributed by atoms with Crippen molar-refractivity contribution in [3.05, 3.63) is 0 Å². The maximum atomic E-state index is 11.6. The maximum Gasteiger partial charge on any atom is 0.213 e.